The van der Waals surface area contributed by atoms with E-state index in [-0.39, 0.29) is 12.5 Å². The molecule has 0 fully saturated rings. The third-order valence-corrected chi connectivity index (χ3v) is 4.37. The fraction of sp³-hybridized carbons (Fsp3) is 0.227. The summed E-state index contributed by atoms with van der Waals surface area (Å²) in [6, 6.07) is 15.3. The predicted molar refractivity (Wildman–Crippen MR) is 110 cm³/mol. The number of hydrogen-bond donors (Lipinski definition) is 2. The van der Waals surface area contributed by atoms with Crippen LogP contribution in [0.5, 0.6) is 5.75 Å². The van der Waals surface area contributed by atoms with E-state index in [2.05, 4.69) is 29.7 Å². The Morgan fingerprint density at radius 2 is 1.86 bits per heavy atom. The molecular formula is C22H24N4O3. The molecule has 1 heterocycles. The molecule has 2 amide bonds. The van der Waals surface area contributed by atoms with E-state index in [1.807, 2.05) is 55.5 Å². The van der Waals surface area contributed by atoms with E-state index in [4.69, 9.17) is 4.74 Å². The molecule has 7 nitrogen and oxygen atoms in total. The van der Waals surface area contributed by atoms with Gasteiger partial charge in [0.25, 0.3) is 11.8 Å². The Labute approximate surface area is 169 Å². The molecule has 0 bridgehead atoms. The van der Waals surface area contributed by atoms with Gasteiger partial charge in [0.15, 0.2) is 6.61 Å². The molecule has 3 rings (SSSR count). The molecule has 29 heavy (non-hydrogen) atoms. The van der Waals surface area contributed by atoms with Gasteiger partial charge in [0.05, 0.1) is 12.5 Å². The van der Waals surface area contributed by atoms with Gasteiger partial charge in [-0.3, -0.25) is 25.0 Å². The first-order chi connectivity index (χ1) is 14.0. The van der Waals surface area contributed by atoms with Crippen molar-refractivity contribution in [3.63, 3.8) is 0 Å². The first-order valence-corrected chi connectivity index (χ1v) is 9.36. The minimum Gasteiger partial charge on any atom is -0.483 e. The lowest BCUT2D eigenvalue weighted by Crippen LogP contribution is -2.44. The second-order valence-electron chi connectivity index (χ2n) is 6.97. The summed E-state index contributed by atoms with van der Waals surface area (Å²) in [4.78, 5) is 28.6. The highest BCUT2D eigenvalue weighted by molar-refractivity contribution is 5.94. The smallest absolute Gasteiger partial charge is 0.288 e. The lowest BCUT2D eigenvalue weighted by atomic mass is 10.0. The number of carbonyl (C=O) groups is 2. The van der Waals surface area contributed by atoms with Crippen LogP contribution >= 0.6 is 0 Å². The number of aryl methyl sites for hydroxylation is 1. The zero-order chi connectivity index (χ0) is 20.8. The van der Waals surface area contributed by atoms with E-state index in [0.29, 0.717) is 11.4 Å². The lowest BCUT2D eigenvalue weighted by Gasteiger charge is -2.15. The molecule has 0 radical (unpaired) electrons. The van der Waals surface area contributed by atoms with Crippen molar-refractivity contribution in [3.05, 3.63) is 77.9 Å². The van der Waals surface area contributed by atoms with Gasteiger partial charge in [0.1, 0.15) is 11.4 Å². The molecule has 3 aromatic rings. The minimum absolute atomic E-state index is 0.207. The molecule has 2 N–H and O–H groups in total. The summed E-state index contributed by atoms with van der Waals surface area (Å²) in [5.74, 6) is 0.00809. The van der Waals surface area contributed by atoms with E-state index in [9.17, 15) is 9.59 Å². The van der Waals surface area contributed by atoms with Crippen LogP contribution in [-0.2, 0) is 4.79 Å². The summed E-state index contributed by atoms with van der Waals surface area (Å²) < 4.78 is 7.31. The SMILES string of the molecule is Cc1ccc(C(C)C)c(OCC(=O)NNC(=O)c2cncn2-c2ccccc2)c1. The largest absolute Gasteiger partial charge is 0.483 e. The van der Waals surface area contributed by atoms with Crippen LogP contribution in [0.4, 0.5) is 0 Å². The first kappa shape index (κ1) is 20.1. The van der Waals surface area contributed by atoms with Crippen LogP contribution in [0.2, 0.25) is 0 Å². The van der Waals surface area contributed by atoms with Crippen LogP contribution < -0.4 is 15.6 Å². The maximum atomic E-state index is 12.4. The number of nitrogens with zero attached hydrogens (tertiary/aromatic N) is 2. The molecule has 0 aliphatic rings. The first-order valence-electron chi connectivity index (χ1n) is 9.36. The molecule has 2 aromatic carbocycles. The summed E-state index contributed by atoms with van der Waals surface area (Å²) in [6.45, 7) is 5.88. The van der Waals surface area contributed by atoms with Crippen molar-refractivity contribution >= 4 is 11.8 Å². The summed E-state index contributed by atoms with van der Waals surface area (Å²) in [5.41, 5.74) is 7.96. The topological polar surface area (TPSA) is 85.2 Å². The molecule has 7 heteroatoms. The monoisotopic (exact) mass is 392 g/mol. The summed E-state index contributed by atoms with van der Waals surface area (Å²) in [6.07, 6.45) is 2.98. The molecule has 0 atom stereocenters. The van der Waals surface area contributed by atoms with Crippen LogP contribution in [0, 0.1) is 6.92 Å². The highest BCUT2D eigenvalue weighted by Gasteiger charge is 2.15. The van der Waals surface area contributed by atoms with Crippen LogP contribution in [0.3, 0.4) is 0 Å². The number of hydrogen-bond acceptors (Lipinski definition) is 4. The number of nitrogens with one attached hydrogen (secondary N) is 2. The molecule has 0 saturated carbocycles. The minimum atomic E-state index is -0.474. The molecule has 1 aromatic heterocycles. The van der Waals surface area contributed by atoms with Crippen LogP contribution in [-0.4, -0.2) is 28.0 Å². The van der Waals surface area contributed by atoms with Crippen molar-refractivity contribution in [1.82, 2.24) is 20.4 Å². The second kappa shape index (κ2) is 9.05. The van der Waals surface area contributed by atoms with Gasteiger partial charge in [-0.15, -0.1) is 0 Å². The molecule has 150 valence electrons. The quantitative estimate of drug-likeness (QED) is 0.631. The molecule has 0 aliphatic carbocycles. The number of rotatable bonds is 6. The van der Waals surface area contributed by atoms with Crippen molar-refractivity contribution < 1.29 is 14.3 Å². The van der Waals surface area contributed by atoms with Gasteiger partial charge in [-0.05, 0) is 42.2 Å². The second-order valence-corrected chi connectivity index (χ2v) is 6.97. The zero-order valence-corrected chi connectivity index (χ0v) is 16.7. The van der Waals surface area contributed by atoms with Gasteiger partial charge < -0.3 is 4.74 Å². The van der Waals surface area contributed by atoms with Crippen LogP contribution in [0.15, 0.2) is 61.1 Å². The van der Waals surface area contributed by atoms with Gasteiger partial charge in [-0.1, -0.05) is 44.2 Å². The highest BCUT2D eigenvalue weighted by atomic mass is 16.5. The van der Waals surface area contributed by atoms with Crippen LogP contribution in [0.1, 0.15) is 41.4 Å². The molecule has 0 saturated heterocycles. The van der Waals surface area contributed by atoms with Crippen molar-refractivity contribution in [1.29, 1.82) is 0 Å². The van der Waals surface area contributed by atoms with Gasteiger partial charge in [0.2, 0.25) is 0 Å². The van der Waals surface area contributed by atoms with Crippen molar-refractivity contribution in [3.8, 4) is 11.4 Å². The van der Waals surface area contributed by atoms with Gasteiger partial charge in [-0.2, -0.15) is 0 Å². The highest BCUT2D eigenvalue weighted by Crippen LogP contribution is 2.27. The van der Waals surface area contributed by atoms with E-state index in [1.165, 1.54) is 6.20 Å². The number of amides is 2. The third-order valence-electron chi connectivity index (χ3n) is 4.37. The maximum absolute atomic E-state index is 12.4. The van der Waals surface area contributed by atoms with E-state index >= 15 is 0 Å². The lowest BCUT2D eigenvalue weighted by molar-refractivity contribution is -0.123. The average molecular weight is 392 g/mol. The van der Waals surface area contributed by atoms with E-state index < -0.39 is 11.8 Å². The number of hydrazine groups is 1. The molecule has 0 aliphatic heterocycles. The van der Waals surface area contributed by atoms with Crippen LogP contribution in [0.25, 0.3) is 5.69 Å². The van der Waals surface area contributed by atoms with Crippen molar-refractivity contribution in [2.75, 3.05) is 6.61 Å². The zero-order valence-electron chi connectivity index (χ0n) is 16.7. The Hall–Kier alpha value is -3.61. The van der Waals surface area contributed by atoms with Gasteiger partial charge in [-0.25, -0.2) is 4.98 Å². The summed E-state index contributed by atoms with van der Waals surface area (Å²) >= 11 is 0. The normalized spacial score (nSPS) is 10.6. The maximum Gasteiger partial charge on any atom is 0.288 e. The van der Waals surface area contributed by atoms with Crippen molar-refractivity contribution in [2.45, 2.75) is 26.7 Å². The van der Waals surface area contributed by atoms with E-state index in [1.54, 1.807) is 10.9 Å². The Balaban J connectivity index is 1.58. The molecule has 0 spiro atoms. The number of benzene rings is 2. The third kappa shape index (κ3) is 5.01. The number of imidazole rings is 1. The predicted octanol–water partition coefficient (Wildman–Crippen LogP) is 3.14. The Morgan fingerprint density at radius 1 is 1.10 bits per heavy atom. The number of ether oxygens (including phenoxy) is 1. The van der Waals surface area contributed by atoms with Gasteiger partial charge in [0, 0.05) is 5.69 Å². The molecular weight excluding hydrogens is 368 g/mol. The summed E-state index contributed by atoms with van der Waals surface area (Å²) in [5, 5.41) is 0. The molecule has 0 unspecified atom stereocenters. The fourth-order valence-electron chi connectivity index (χ4n) is 2.87. The standard InChI is InChI=1S/C22H24N4O3/c1-15(2)18-10-9-16(3)11-20(18)29-13-21(27)24-25-22(28)19-12-23-14-26(19)17-7-5-4-6-8-17/h4-12,14-15H,13H2,1-3H3,(H,24,27)(H,25,28). The average Bonchev–Trinajstić information content (AvgIpc) is 3.21. The Morgan fingerprint density at radius 3 is 2.59 bits per heavy atom. The number of para-hydroxylation sites is 1. The Kier molecular flexibility index (Phi) is 6.29. The van der Waals surface area contributed by atoms with E-state index in [0.717, 1.165) is 16.8 Å². The number of carbonyl (C=O) groups excluding carboxylic acids is 2. The number of aromatic nitrogens is 2. The van der Waals surface area contributed by atoms with Crippen molar-refractivity contribution in [2.24, 2.45) is 0 Å². The summed E-state index contributed by atoms with van der Waals surface area (Å²) in [7, 11) is 0. The Bertz CT molecular complexity index is 996. The van der Waals surface area contributed by atoms with Gasteiger partial charge >= 0.3 is 0 Å². The fourth-order valence-corrected chi connectivity index (χ4v) is 2.87.